The highest BCUT2D eigenvalue weighted by molar-refractivity contribution is 5.89. The molecule has 3 aromatic rings. The number of nitrogens with one attached hydrogen (secondary N) is 2. The van der Waals surface area contributed by atoms with Crippen molar-refractivity contribution in [3.8, 4) is 0 Å². The van der Waals surface area contributed by atoms with Gasteiger partial charge in [-0.2, -0.15) is 0 Å². The Balaban J connectivity index is 1.44. The minimum absolute atomic E-state index is 0.503. The summed E-state index contributed by atoms with van der Waals surface area (Å²) in [7, 11) is 0. The van der Waals surface area contributed by atoms with Crippen molar-refractivity contribution in [3.05, 3.63) is 83.6 Å². The van der Waals surface area contributed by atoms with E-state index in [9.17, 15) is 0 Å². The second-order valence-corrected chi connectivity index (χ2v) is 7.00. The van der Waals surface area contributed by atoms with Gasteiger partial charge in [-0.15, -0.1) is 0 Å². The van der Waals surface area contributed by atoms with Crippen molar-refractivity contribution in [3.63, 3.8) is 0 Å². The molecule has 1 aliphatic heterocycles. The Hall–Kier alpha value is -2.58. The summed E-state index contributed by atoms with van der Waals surface area (Å²) < 4.78 is 0. The van der Waals surface area contributed by atoms with Gasteiger partial charge in [-0.25, -0.2) is 0 Å². The summed E-state index contributed by atoms with van der Waals surface area (Å²) in [5, 5.41) is 4.94. The summed E-state index contributed by atoms with van der Waals surface area (Å²) >= 11 is 0. The third kappa shape index (κ3) is 3.66. The lowest BCUT2D eigenvalue weighted by Crippen LogP contribution is -2.32. The summed E-state index contributed by atoms with van der Waals surface area (Å²) in [6, 6.07) is 20.0. The predicted octanol–water partition coefficient (Wildman–Crippen LogP) is 5.58. The fraction of sp³-hybridized carbons (Fsp3) is 0.250. The second-order valence-electron chi connectivity index (χ2n) is 7.00. The van der Waals surface area contributed by atoms with Gasteiger partial charge in [0.25, 0.3) is 0 Å². The number of rotatable bonds is 5. The second kappa shape index (κ2) is 7.76. The van der Waals surface area contributed by atoms with Gasteiger partial charge in [0.2, 0.25) is 0 Å². The average Bonchev–Trinajstić information content (AvgIpc) is 3.13. The maximum atomic E-state index is 3.62. The van der Waals surface area contributed by atoms with E-state index in [0.717, 1.165) is 25.8 Å². The van der Waals surface area contributed by atoms with Gasteiger partial charge in [0.15, 0.2) is 0 Å². The van der Waals surface area contributed by atoms with Crippen molar-refractivity contribution in [2.24, 2.45) is 0 Å². The Kier molecular flexibility index (Phi) is 5.03. The zero-order valence-electron chi connectivity index (χ0n) is 15.3. The molecule has 0 aliphatic carbocycles. The number of hydrogen-bond donors (Lipinski definition) is 2. The molecule has 0 spiro atoms. The molecule has 0 saturated heterocycles. The Morgan fingerprint density at radius 3 is 2.81 bits per heavy atom. The van der Waals surface area contributed by atoms with Gasteiger partial charge in [0, 0.05) is 29.2 Å². The molecule has 2 aromatic carbocycles. The van der Waals surface area contributed by atoms with E-state index in [1.54, 1.807) is 0 Å². The largest absolute Gasteiger partial charge is 0.358 e. The lowest BCUT2D eigenvalue weighted by Gasteiger charge is -2.23. The standard InChI is InChI=1S/C24H26N2/c1-2-21-17-23-19(11-7-13-24(23)26-21)10-6-12-22-16-20(14-15-25-22)18-8-4-3-5-9-18/h3-11,13-14,17,22,25-26H,2,12,15-16H2,1H3. The van der Waals surface area contributed by atoms with Crippen LogP contribution in [-0.4, -0.2) is 17.6 Å². The normalized spacial score (nSPS) is 17.7. The molecule has 1 unspecified atom stereocenters. The molecule has 0 saturated carbocycles. The number of fused-ring (bicyclic) bond motifs is 1. The topological polar surface area (TPSA) is 27.8 Å². The molecule has 0 bridgehead atoms. The predicted molar refractivity (Wildman–Crippen MR) is 112 cm³/mol. The number of H-pyrrole nitrogens is 1. The van der Waals surface area contributed by atoms with Crippen molar-refractivity contribution in [2.45, 2.75) is 32.2 Å². The molecular weight excluding hydrogens is 316 g/mol. The lowest BCUT2D eigenvalue weighted by molar-refractivity contribution is 0.542. The summed E-state index contributed by atoms with van der Waals surface area (Å²) in [4.78, 5) is 3.50. The van der Waals surface area contributed by atoms with E-state index >= 15 is 0 Å². The van der Waals surface area contributed by atoms with E-state index in [2.05, 4.69) is 90.0 Å². The van der Waals surface area contributed by atoms with Crippen LogP contribution in [0, 0.1) is 0 Å². The molecule has 2 heterocycles. The Bertz CT molecular complexity index is 931. The molecule has 2 nitrogen and oxygen atoms in total. The fourth-order valence-electron chi connectivity index (χ4n) is 3.76. The van der Waals surface area contributed by atoms with Crippen LogP contribution in [0.25, 0.3) is 22.6 Å². The molecule has 0 amide bonds. The van der Waals surface area contributed by atoms with Crippen LogP contribution >= 0.6 is 0 Å². The minimum Gasteiger partial charge on any atom is -0.358 e. The molecule has 0 fully saturated rings. The molecule has 2 heteroatoms. The number of hydrogen-bond acceptors (Lipinski definition) is 1. The minimum atomic E-state index is 0.503. The lowest BCUT2D eigenvalue weighted by atomic mass is 9.93. The summed E-state index contributed by atoms with van der Waals surface area (Å²) in [5.74, 6) is 0. The Morgan fingerprint density at radius 2 is 1.96 bits per heavy atom. The Morgan fingerprint density at radius 1 is 1.08 bits per heavy atom. The van der Waals surface area contributed by atoms with Gasteiger partial charge >= 0.3 is 0 Å². The highest BCUT2D eigenvalue weighted by Crippen LogP contribution is 2.25. The molecule has 132 valence electrons. The fourth-order valence-corrected chi connectivity index (χ4v) is 3.76. The van der Waals surface area contributed by atoms with Crippen LogP contribution in [0.3, 0.4) is 0 Å². The van der Waals surface area contributed by atoms with Gasteiger partial charge in [-0.3, -0.25) is 0 Å². The van der Waals surface area contributed by atoms with Crippen LogP contribution < -0.4 is 5.32 Å². The van der Waals surface area contributed by atoms with Crippen LogP contribution in [0.4, 0.5) is 0 Å². The van der Waals surface area contributed by atoms with Crippen molar-refractivity contribution in [2.75, 3.05) is 6.54 Å². The monoisotopic (exact) mass is 342 g/mol. The molecule has 1 atom stereocenters. The first-order valence-electron chi connectivity index (χ1n) is 9.58. The van der Waals surface area contributed by atoms with Crippen molar-refractivity contribution >= 4 is 22.6 Å². The first-order valence-corrected chi connectivity index (χ1v) is 9.58. The van der Waals surface area contributed by atoms with Gasteiger partial charge in [0.1, 0.15) is 0 Å². The summed E-state index contributed by atoms with van der Waals surface area (Å²) in [6.45, 7) is 3.14. The van der Waals surface area contributed by atoms with E-state index in [4.69, 9.17) is 0 Å². The summed E-state index contributed by atoms with van der Waals surface area (Å²) in [5.41, 5.74) is 6.64. The first kappa shape index (κ1) is 16.9. The summed E-state index contributed by atoms with van der Waals surface area (Å²) in [6.07, 6.45) is 10.1. The number of aromatic nitrogens is 1. The van der Waals surface area contributed by atoms with E-state index < -0.39 is 0 Å². The van der Waals surface area contributed by atoms with E-state index in [1.807, 2.05) is 0 Å². The van der Waals surface area contributed by atoms with Gasteiger partial charge in [-0.05, 0) is 48.1 Å². The third-order valence-electron chi connectivity index (χ3n) is 5.22. The van der Waals surface area contributed by atoms with Crippen molar-refractivity contribution in [1.82, 2.24) is 10.3 Å². The number of aryl methyl sites for hydroxylation is 1. The molecule has 4 rings (SSSR count). The zero-order valence-corrected chi connectivity index (χ0v) is 15.3. The number of aromatic amines is 1. The molecule has 0 radical (unpaired) electrons. The van der Waals surface area contributed by atoms with Crippen molar-refractivity contribution < 1.29 is 0 Å². The molecular formula is C24H26N2. The van der Waals surface area contributed by atoms with Crippen LogP contribution in [-0.2, 0) is 6.42 Å². The molecule has 1 aromatic heterocycles. The van der Waals surface area contributed by atoms with Crippen molar-refractivity contribution in [1.29, 1.82) is 0 Å². The van der Waals surface area contributed by atoms with E-state index in [0.29, 0.717) is 6.04 Å². The Labute approximate surface area is 155 Å². The van der Waals surface area contributed by atoms with E-state index in [-0.39, 0.29) is 0 Å². The third-order valence-corrected chi connectivity index (χ3v) is 5.22. The highest BCUT2D eigenvalue weighted by Gasteiger charge is 2.14. The van der Waals surface area contributed by atoms with Crippen LogP contribution in [0.2, 0.25) is 0 Å². The molecule has 26 heavy (non-hydrogen) atoms. The zero-order chi connectivity index (χ0) is 17.8. The van der Waals surface area contributed by atoms with Crippen LogP contribution in [0.1, 0.15) is 36.6 Å². The molecule has 1 aliphatic rings. The molecule has 2 N–H and O–H groups in total. The van der Waals surface area contributed by atoms with Gasteiger partial charge < -0.3 is 10.3 Å². The van der Waals surface area contributed by atoms with Crippen LogP contribution in [0.5, 0.6) is 0 Å². The van der Waals surface area contributed by atoms with Gasteiger partial charge in [-0.1, -0.05) is 67.6 Å². The smallest absolute Gasteiger partial charge is 0.0462 e. The number of benzene rings is 2. The first-order chi connectivity index (χ1) is 12.8. The van der Waals surface area contributed by atoms with Gasteiger partial charge in [0.05, 0.1) is 0 Å². The highest BCUT2D eigenvalue weighted by atomic mass is 14.9. The maximum Gasteiger partial charge on any atom is 0.0462 e. The maximum absolute atomic E-state index is 3.62. The van der Waals surface area contributed by atoms with Crippen LogP contribution in [0.15, 0.2) is 66.7 Å². The quantitative estimate of drug-likeness (QED) is 0.622. The SMILES string of the molecule is CCc1cc2c(C=CCC3CC(c4ccccc4)=CCN3)cccc2[nH]1. The average molecular weight is 342 g/mol. The van der Waals surface area contributed by atoms with E-state index in [1.165, 1.54) is 33.3 Å².